The summed E-state index contributed by atoms with van der Waals surface area (Å²) >= 11 is 0. The van der Waals surface area contributed by atoms with Crippen molar-refractivity contribution in [2.24, 2.45) is 0 Å². The average Bonchev–Trinajstić information content (AvgIpc) is 2.62. The third-order valence-electron chi connectivity index (χ3n) is 4.25. The smallest absolute Gasteiger partial charge is 0.419 e. The van der Waals surface area contributed by atoms with Crippen molar-refractivity contribution in [3.63, 3.8) is 0 Å². The SMILES string of the molecule is FC(F)(F)c1ccccc1OCCN1CCNCC1c1cccnc1. The molecule has 1 aliphatic rings. The highest BCUT2D eigenvalue weighted by atomic mass is 19.4. The van der Waals surface area contributed by atoms with E-state index in [1.54, 1.807) is 12.3 Å². The number of rotatable bonds is 5. The van der Waals surface area contributed by atoms with Gasteiger partial charge in [0, 0.05) is 44.6 Å². The number of ether oxygens (including phenoxy) is 1. The van der Waals surface area contributed by atoms with Crippen LogP contribution in [0.25, 0.3) is 0 Å². The van der Waals surface area contributed by atoms with E-state index >= 15 is 0 Å². The molecular weight excluding hydrogens is 331 g/mol. The van der Waals surface area contributed by atoms with Gasteiger partial charge in [0.1, 0.15) is 12.4 Å². The van der Waals surface area contributed by atoms with Crippen LogP contribution < -0.4 is 10.1 Å². The van der Waals surface area contributed by atoms with E-state index in [9.17, 15) is 13.2 Å². The third kappa shape index (κ3) is 4.49. The molecular formula is C18H20F3N3O. The molecule has 7 heteroatoms. The summed E-state index contributed by atoms with van der Waals surface area (Å²) < 4.78 is 44.5. The molecule has 2 heterocycles. The van der Waals surface area contributed by atoms with Crippen molar-refractivity contribution in [1.82, 2.24) is 15.2 Å². The molecule has 134 valence electrons. The van der Waals surface area contributed by atoms with E-state index in [0.717, 1.165) is 31.3 Å². The van der Waals surface area contributed by atoms with E-state index in [4.69, 9.17) is 4.74 Å². The molecule has 0 saturated carbocycles. The molecule has 1 unspecified atom stereocenters. The molecule has 1 aliphatic heterocycles. The molecule has 1 aromatic carbocycles. The number of halogens is 3. The number of benzene rings is 1. The summed E-state index contributed by atoms with van der Waals surface area (Å²) in [7, 11) is 0. The lowest BCUT2D eigenvalue weighted by atomic mass is 10.1. The van der Waals surface area contributed by atoms with Crippen LogP contribution in [0.1, 0.15) is 17.2 Å². The third-order valence-corrected chi connectivity index (χ3v) is 4.25. The normalized spacial score (nSPS) is 18.9. The minimum atomic E-state index is -4.41. The summed E-state index contributed by atoms with van der Waals surface area (Å²) in [6.07, 6.45) is -0.865. The second-order valence-electron chi connectivity index (χ2n) is 5.88. The van der Waals surface area contributed by atoms with E-state index in [1.807, 2.05) is 18.3 Å². The summed E-state index contributed by atoms with van der Waals surface area (Å²) in [5, 5.41) is 3.34. The fraction of sp³-hybridized carbons (Fsp3) is 0.389. The number of para-hydroxylation sites is 1. The van der Waals surface area contributed by atoms with Gasteiger partial charge in [-0.15, -0.1) is 0 Å². The van der Waals surface area contributed by atoms with Gasteiger partial charge in [-0.1, -0.05) is 18.2 Å². The Bertz CT molecular complexity index is 679. The van der Waals surface area contributed by atoms with Crippen LogP contribution in [-0.4, -0.2) is 42.7 Å². The van der Waals surface area contributed by atoms with Crippen molar-refractivity contribution in [1.29, 1.82) is 0 Å². The molecule has 4 nitrogen and oxygen atoms in total. The van der Waals surface area contributed by atoms with E-state index < -0.39 is 11.7 Å². The molecule has 0 amide bonds. The first-order valence-electron chi connectivity index (χ1n) is 8.19. The fourth-order valence-corrected chi connectivity index (χ4v) is 3.02. The van der Waals surface area contributed by atoms with Crippen LogP contribution in [0.5, 0.6) is 5.75 Å². The second-order valence-corrected chi connectivity index (χ2v) is 5.88. The first-order chi connectivity index (χ1) is 12.1. The Hall–Kier alpha value is -2.12. The van der Waals surface area contributed by atoms with Gasteiger partial charge in [0.25, 0.3) is 0 Å². The highest BCUT2D eigenvalue weighted by Gasteiger charge is 2.34. The molecule has 0 aliphatic carbocycles. The quantitative estimate of drug-likeness (QED) is 0.898. The Morgan fingerprint density at radius 3 is 2.80 bits per heavy atom. The number of aromatic nitrogens is 1. The molecule has 0 bridgehead atoms. The van der Waals surface area contributed by atoms with Crippen LogP contribution in [0.2, 0.25) is 0 Å². The molecule has 2 aromatic rings. The van der Waals surface area contributed by atoms with Gasteiger partial charge in [-0.3, -0.25) is 9.88 Å². The number of hydrogen-bond donors (Lipinski definition) is 1. The topological polar surface area (TPSA) is 37.4 Å². The maximum Gasteiger partial charge on any atom is 0.419 e. The first-order valence-corrected chi connectivity index (χ1v) is 8.19. The summed E-state index contributed by atoms with van der Waals surface area (Å²) in [4.78, 5) is 6.36. The van der Waals surface area contributed by atoms with Gasteiger partial charge in [0.05, 0.1) is 5.56 Å². The van der Waals surface area contributed by atoms with Crippen molar-refractivity contribution >= 4 is 0 Å². The van der Waals surface area contributed by atoms with Crippen molar-refractivity contribution < 1.29 is 17.9 Å². The van der Waals surface area contributed by atoms with E-state index in [2.05, 4.69) is 15.2 Å². The molecule has 1 atom stereocenters. The lowest BCUT2D eigenvalue weighted by molar-refractivity contribution is -0.139. The fourth-order valence-electron chi connectivity index (χ4n) is 3.02. The number of hydrogen-bond acceptors (Lipinski definition) is 4. The second kappa shape index (κ2) is 7.84. The molecule has 1 aromatic heterocycles. The van der Waals surface area contributed by atoms with E-state index in [0.29, 0.717) is 6.54 Å². The largest absolute Gasteiger partial charge is 0.492 e. The van der Waals surface area contributed by atoms with Crippen LogP contribution in [0.3, 0.4) is 0 Å². The van der Waals surface area contributed by atoms with Crippen molar-refractivity contribution in [2.75, 3.05) is 32.8 Å². The minimum absolute atomic E-state index is 0.122. The first kappa shape index (κ1) is 17.7. The summed E-state index contributed by atoms with van der Waals surface area (Å²) in [5.41, 5.74) is 0.351. The minimum Gasteiger partial charge on any atom is -0.492 e. The lowest BCUT2D eigenvalue weighted by Crippen LogP contribution is -2.47. The molecule has 0 spiro atoms. The number of nitrogens with one attached hydrogen (secondary N) is 1. The van der Waals surface area contributed by atoms with Crippen molar-refractivity contribution in [2.45, 2.75) is 12.2 Å². The van der Waals surface area contributed by atoms with Gasteiger partial charge < -0.3 is 10.1 Å². The molecule has 3 rings (SSSR count). The zero-order chi connectivity index (χ0) is 17.7. The zero-order valence-electron chi connectivity index (χ0n) is 13.7. The zero-order valence-corrected chi connectivity index (χ0v) is 13.7. The number of piperazine rings is 1. The predicted octanol–water partition coefficient (Wildman–Crippen LogP) is 3.13. The Labute approximate surface area is 144 Å². The number of nitrogens with zero attached hydrogens (tertiary/aromatic N) is 2. The Morgan fingerprint density at radius 2 is 2.04 bits per heavy atom. The number of pyridine rings is 1. The lowest BCUT2D eigenvalue weighted by Gasteiger charge is -2.36. The molecule has 25 heavy (non-hydrogen) atoms. The summed E-state index contributed by atoms with van der Waals surface area (Å²) in [6, 6.07) is 9.36. The van der Waals surface area contributed by atoms with Gasteiger partial charge in [-0.05, 0) is 23.8 Å². The standard InChI is InChI=1S/C18H20F3N3O/c19-18(20,21)15-5-1-2-6-17(15)25-11-10-24-9-8-23-13-16(24)14-4-3-7-22-12-14/h1-7,12,16,23H,8-11,13H2. The summed E-state index contributed by atoms with van der Waals surface area (Å²) in [5.74, 6) is -0.122. The van der Waals surface area contributed by atoms with Crippen LogP contribution in [-0.2, 0) is 6.18 Å². The summed E-state index contributed by atoms with van der Waals surface area (Å²) in [6.45, 7) is 3.18. The maximum absolute atomic E-state index is 13.0. The maximum atomic E-state index is 13.0. The van der Waals surface area contributed by atoms with Crippen LogP contribution in [0.15, 0.2) is 48.8 Å². The Morgan fingerprint density at radius 1 is 1.20 bits per heavy atom. The highest BCUT2D eigenvalue weighted by molar-refractivity contribution is 5.35. The van der Waals surface area contributed by atoms with Gasteiger partial charge in [-0.2, -0.15) is 13.2 Å². The predicted molar refractivity (Wildman–Crippen MR) is 88.4 cm³/mol. The average molecular weight is 351 g/mol. The molecule has 1 N–H and O–H groups in total. The van der Waals surface area contributed by atoms with Gasteiger partial charge in [-0.25, -0.2) is 0 Å². The van der Waals surface area contributed by atoms with Gasteiger partial charge >= 0.3 is 6.18 Å². The number of alkyl halides is 3. The van der Waals surface area contributed by atoms with Crippen molar-refractivity contribution in [3.8, 4) is 5.75 Å². The Kier molecular flexibility index (Phi) is 5.55. The van der Waals surface area contributed by atoms with Gasteiger partial charge in [0.2, 0.25) is 0 Å². The van der Waals surface area contributed by atoms with Gasteiger partial charge in [0.15, 0.2) is 0 Å². The molecule has 1 fully saturated rings. The van der Waals surface area contributed by atoms with E-state index in [1.165, 1.54) is 12.1 Å². The molecule has 0 radical (unpaired) electrons. The van der Waals surface area contributed by atoms with E-state index in [-0.39, 0.29) is 18.4 Å². The monoisotopic (exact) mass is 351 g/mol. The Balaban J connectivity index is 1.63. The van der Waals surface area contributed by atoms with Crippen LogP contribution >= 0.6 is 0 Å². The van der Waals surface area contributed by atoms with Crippen LogP contribution in [0, 0.1) is 0 Å². The highest BCUT2D eigenvalue weighted by Crippen LogP contribution is 2.35. The van der Waals surface area contributed by atoms with Crippen LogP contribution in [0.4, 0.5) is 13.2 Å². The van der Waals surface area contributed by atoms with Crippen molar-refractivity contribution in [3.05, 3.63) is 59.9 Å². The molecule has 1 saturated heterocycles.